The molecule has 166 valence electrons. The van der Waals surface area contributed by atoms with Gasteiger partial charge in [0.25, 0.3) is 0 Å². The summed E-state index contributed by atoms with van der Waals surface area (Å²) in [5, 5.41) is 10.1. The lowest BCUT2D eigenvalue weighted by molar-refractivity contribution is -0.118. The number of aryl methyl sites for hydroxylation is 1. The van der Waals surface area contributed by atoms with E-state index >= 15 is 0 Å². The van der Waals surface area contributed by atoms with Gasteiger partial charge in [-0.25, -0.2) is 4.39 Å². The van der Waals surface area contributed by atoms with Crippen LogP contribution in [0.3, 0.4) is 0 Å². The number of hydrogen-bond donors (Lipinski definition) is 1. The SMILES string of the molecule is CCCCc1ccc(C2C(C#N)=C(N)N(c3cccc(F)c3)C3=C2C(=O)CC(C)(C)C3)s1. The Balaban J connectivity index is 1.91. The van der Waals surface area contributed by atoms with Gasteiger partial charge in [-0.2, -0.15) is 5.26 Å². The van der Waals surface area contributed by atoms with Crippen LogP contribution in [0.25, 0.3) is 0 Å². The first-order valence-corrected chi connectivity index (χ1v) is 11.9. The normalized spacial score (nSPS) is 20.4. The highest BCUT2D eigenvalue weighted by Crippen LogP contribution is 2.51. The van der Waals surface area contributed by atoms with Crippen molar-refractivity contribution in [2.75, 3.05) is 4.90 Å². The second-order valence-electron chi connectivity index (χ2n) is 9.37. The smallest absolute Gasteiger partial charge is 0.162 e. The lowest BCUT2D eigenvalue weighted by Gasteiger charge is -2.43. The van der Waals surface area contributed by atoms with Crippen molar-refractivity contribution in [3.8, 4) is 6.07 Å². The van der Waals surface area contributed by atoms with Crippen molar-refractivity contribution in [1.29, 1.82) is 5.26 Å². The number of carbonyl (C=O) groups is 1. The van der Waals surface area contributed by atoms with Gasteiger partial charge < -0.3 is 5.73 Å². The Kier molecular flexibility index (Phi) is 5.96. The van der Waals surface area contributed by atoms with Crippen LogP contribution in [0, 0.1) is 22.6 Å². The van der Waals surface area contributed by atoms with Gasteiger partial charge in [0.1, 0.15) is 11.6 Å². The van der Waals surface area contributed by atoms with Gasteiger partial charge >= 0.3 is 0 Å². The number of rotatable bonds is 5. The monoisotopic (exact) mass is 449 g/mol. The Morgan fingerprint density at radius 3 is 2.75 bits per heavy atom. The molecular weight excluding hydrogens is 421 g/mol. The molecule has 0 spiro atoms. The average Bonchev–Trinajstić information content (AvgIpc) is 3.19. The molecular formula is C26H28FN3OS. The van der Waals surface area contributed by atoms with Crippen LogP contribution in [0.15, 0.2) is 59.1 Å². The second-order valence-corrected chi connectivity index (χ2v) is 10.6. The molecule has 1 aliphatic heterocycles. The van der Waals surface area contributed by atoms with Crippen molar-refractivity contribution in [3.05, 3.63) is 74.6 Å². The van der Waals surface area contributed by atoms with E-state index in [2.05, 4.69) is 32.9 Å². The van der Waals surface area contributed by atoms with E-state index in [0.717, 1.165) is 29.8 Å². The van der Waals surface area contributed by atoms with E-state index in [1.807, 2.05) is 6.07 Å². The summed E-state index contributed by atoms with van der Waals surface area (Å²) in [7, 11) is 0. The zero-order valence-electron chi connectivity index (χ0n) is 18.7. The molecule has 4 nitrogen and oxygen atoms in total. The molecule has 2 aromatic rings. The molecule has 2 N–H and O–H groups in total. The summed E-state index contributed by atoms with van der Waals surface area (Å²) < 4.78 is 14.1. The van der Waals surface area contributed by atoms with Gasteiger partial charge in [-0.1, -0.05) is 33.3 Å². The van der Waals surface area contributed by atoms with Crippen molar-refractivity contribution in [2.24, 2.45) is 11.1 Å². The van der Waals surface area contributed by atoms with Crippen LogP contribution in [-0.4, -0.2) is 5.78 Å². The van der Waals surface area contributed by atoms with Crippen molar-refractivity contribution in [2.45, 2.75) is 58.8 Å². The van der Waals surface area contributed by atoms with Crippen LogP contribution in [0.5, 0.6) is 0 Å². The third-order valence-corrected chi connectivity index (χ3v) is 7.40. The molecule has 2 heterocycles. The van der Waals surface area contributed by atoms with Crippen molar-refractivity contribution >= 4 is 22.8 Å². The number of carbonyl (C=O) groups excluding carboxylic acids is 1. The molecule has 0 saturated carbocycles. The first kappa shape index (κ1) is 22.3. The number of thiophene rings is 1. The summed E-state index contributed by atoms with van der Waals surface area (Å²) in [6, 6.07) is 12.5. The average molecular weight is 450 g/mol. The Hall–Kier alpha value is -2.91. The maximum Gasteiger partial charge on any atom is 0.162 e. The summed E-state index contributed by atoms with van der Waals surface area (Å²) >= 11 is 1.65. The van der Waals surface area contributed by atoms with Gasteiger partial charge in [-0.05, 0) is 55.0 Å². The minimum atomic E-state index is -0.469. The number of allylic oxidation sites excluding steroid dienone is 3. The molecule has 1 aromatic carbocycles. The fourth-order valence-electron chi connectivity index (χ4n) is 4.74. The van der Waals surface area contributed by atoms with E-state index in [1.54, 1.807) is 28.4 Å². The number of nitriles is 1. The Morgan fingerprint density at radius 2 is 2.06 bits per heavy atom. The van der Waals surface area contributed by atoms with E-state index in [1.165, 1.54) is 17.0 Å². The van der Waals surface area contributed by atoms with Crippen LogP contribution in [0.1, 0.15) is 62.1 Å². The molecule has 0 bridgehead atoms. The standard InChI is InChI=1S/C26H28FN3OS/c1-4-5-9-18-10-11-22(32-18)23-19(15-28)25(29)30(17-8-6-7-16(27)12-17)20-13-26(2,3)14-21(31)24(20)23/h6-8,10-12,23H,4-5,9,13-14,29H2,1-3H3. The van der Waals surface area contributed by atoms with Gasteiger partial charge in [-0.3, -0.25) is 9.69 Å². The molecule has 0 amide bonds. The number of anilines is 1. The third-order valence-electron chi connectivity index (χ3n) is 6.19. The first-order valence-electron chi connectivity index (χ1n) is 11.1. The second kappa shape index (κ2) is 8.55. The van der Waals surface area contributed by atoms with Crippen LogP contribution < -0.4 is 10.6 Å². The fourth-order valence-corrected chi connectivity index (χ4v) is 5.91. The lowest BCUT2D eigenvalue weighted by atomic mass is 9.69. The highest BCUT2D eigenvalue weighted by atomic mass is 32.1. The molecule has 4 rings (SSSR count). The Labute approximate surface area is 192 Å². The highest BCUT2D eigenvalue weighted by Gasteiger charge is 2.45. The van der Waals surface area contributed by atoms with E-state index in [9.17, 15) is 14.4 Å². The van der Waals surface area contributed by atoms with Gasteiger partial charge in [0.2, 0.25) is 0 Å². The summed E-state index contributed by atoms with van der Waals surface area (Å²) in [5.41, 5.74) is 8.63. The summed E-state index contributed by atoms with van der Waals surface area (Å²) in [6.45, 7) is 6.27. The Bertz CT molecular complexity index is 1170. The topological polar surface area (TPSA) is 70.1 Å². The van der Waals surface area contributed by atoms with Gasteiger partial charge in [0.05, 0.1) is 23.2 Å². The zero-order valence-corrected chi connectivity index (χ0v) is 19.6. The number of nitrogens with zero attached hydrogens (tertiary/aromatic N) is 2. The molecule has 2 aliphatic rings. The summed E-state index contributed by atoms with van der Waals surface area (Å²) in [5.74, 6) is -0.552. The number of halogens is 1. The predicted molar refractivity (Wildman–Crippen MR) is 126 cm³/mol. The lowest BCUT2D eigenvalue weighted by Crippen LogP contribution is -2.42. The van der Waals surface area contributed by atoms with Gasteiger partial charge in [-0.15, -0.1) is 11.3 Å². The highest BCUT2D eigenvalue weighted by molar-refractivity contribution is 7.12. The number of nitrogens with two attached hydrogens (primary N) is 1. The maximum atomic E-state index is 14.1. The number of hydrogen-bond acceptors (Lipinski definition) is 5. The molecule has 6 heteroatoms. The number of ketones is 1. The summed E-state index contributed by atoms with van der Waals surface area (Å²) in [6.07, 6.45) is 4.22. The molecule has 1 aromatic heterocycles. The third kappa shape index (κ3) is 3.98. The van der Waals surface area contributed by atoms with Crippen molar-refractivity contribution in [3.63, 3.8) is 0 Å². The largest absolute Gasteiger partial charge is 0.384 e. The number of Topliss-reactive ketones (excluding diaryl/α,β-unsaturated/α-hetero) is 1. The Morgan fingerprint density at radius 1 is 1.28 bits per heavy atom. The van der Waals surface area contributed by atoms with Crippen molar-refractivity contribution in [1.82, 2.24) is 0 Å². The van der Waals surface area contributed by atoms with Gasteiger partial charge in [0, 0.05) is 27.4 Å². The maximum absolute atomic E-state index is 14.1. The number of unbranched alkanes of at least 4 members (excludes halogenated alkanes) is 1. The van der Waals surface area contributed by atoms with E-state index < -0.39 is 11.7 Å². The molecule has 0 saturated heterocycles. The first-order chi connectivity index (χ1) is 15.3. The quantitative estimate of drug-likeness (QED) is 0.592. The van der Waals surface area contributed by atoms with E-state index in [-0.39, 0.29) is 17.0 Å². The van der Waals surface area contributed by atoms with Crippen LogP contribution >= 0.6 is 11.3 Å². The van der Waals surface area contributed by atoms with E-state index in [4.69, 9.17) is 5.73 Å². The van der Waals surface area contributed by atoms with E-state index in [0.29, 0.717) is 29.7 Å². The zero-order chi connectivity index (χ0) is 23.0. The minimum absolute atomic E-state index is 0.0337. The fraction of sp³-hybridized carbons (Fsp3) is 0.385. The van der Waals surface area contributed by atoms with Crippen molar-refractivity contribution < 1.29 is 9.18 Å². The molecule has 0 fully saturated rings. The predicted octanol–water partition coefficient (Wildman–Crippen LogP) is 6.17. The molecule has 1 unspecified atom stereocenters. The molecule has 0 radical (unpaired) electrons. The molecule has 1 aliphatic carbocycles. The van der Waals surface area contributed by atoms with Crippen LogP contribution in [0.2, 0.25) is 0 Å². The van der Waals surface area contributed by atoms with Gasteiger partial charge in [0.15, 0.2) is 5.78 Å². The minimum Gasteiger partial charge on any atom is -0.384 e. The summed E-state index contributed by atoms with van der Waals surface area (Å²) in [4.78, 5) is 17.4. The number of benzene rings is 1. The molecule has 1 atom stereocenters. The molecule has 32 heavy (non-hydrogen) atoms. The van der Waals surface area contributed by atoms with Crippen LogP contribution in [0.4, 0.5) is 10.1 Å². The van der Waals surface area contributed by atoms with Crippen LogP contribution in [-0.2, 0) is 11.2 Å².